The van der Waals surface area contributed by atoms with Gasteiger partial charge in [0, 0.05) is 11.5 Å². The molecule has 1 amide bonds. The van der Waals surface area contributed by atoms with E-state index in [0.29, 0.717) is 11.1 Å². The highest BCUT2D eigenvalue weighted by Gasteiger charge is 2.72. The van der Waals surface area contributed by atoms with Crippen LogP contribution in [-0.2, 0) is 24.6 Å². The van der Waals surface area contributed by atoms with Crippen LogP contribution in [0, 0.1) is 23.7 Å². The minimum absolute atomic E-state index is 0.0713. The van der Waals surface area contributed by atoms with Crippen LogP contribution >= 0.6 is 0 Å². The van der Waals surface area contributed by atoms with E-state index in [9.17, 15) is 39.3 Å². The van der Waals surface area contributed by atoms with E-state index in [-0.39, 0.29) is 11.3 Å². The number of carbonyl (C=O) groups excluding carboxylic acids is 5. The molecule has 0 bridgehead atoms. The van der Waals surface area contributed by atoms with Crippen LogP contribution in [0.5, 0.6) is 5.75 Å². The average Bonchev–Trinajstić information content (AvgIpc) is 2.80. The average molecular weight is 529 g/mol. The van der Waals surface area contributed by atoms with Gasteiger partial charge in [-0.25, -0.2) is 0 Å². The molecular formula is C28H36N2O8. The Labute approximate surface area is 221 Å². The monoisotopic (exact) mass is 528 g/mol. The summed E-state index contributed by atoms with van der Waals surface area (Å²) in [5.74, 6) is -13.0. The highest BCUT2D eigenvalue weighted by molar-refractivity contribution is 6.32. The number of Topliss-reactive ketones (excluding diaryl/α,β-unsaturated/α-hetero) is 4. The molecule has 8 atom stereocenters. The highest BCUT2D eigenvalue weighted by atomic mass is 16.3. The predicted octanol–water partition coefficient (Wildman–Crippen LogP) is 0.477. The maximum absolute atomic E-state index is 14.0. The number of hydrogen-bond acceptors (Lipinski definition) is 9. The van der Waals surface area contributed by atoms with Crippen LogP contribution < -0.4 is 5.73 Å². The molecule has 2 saturated carbocycles. The van der Waals surface area contributed by atoms with Crippen molar-refractivity contribution in [3.63, 3.8) is 0 Å². The Bertz CT molecular complexity index is 1250. The molecule has 0 heterocycles. The van der Waals surface area contributed by atoms with Crippen molar-refractivity contribution in [2.24, 2.45) is 29.4 Å². The molecule has 10 nitrogen and oxygen atoms in total. The first-order chi connectivity index (χ1) is 17.5. The Balaban J connectivity index is 1.94. The summed E-state index contributed by atoms with van der Waals surface area (Å²) in [6.07, 6.45) is -0.0914. The molecule has 206 valence electrons. The van der Waals surface area contributed by atoms with Gasteiger partial charge in [0.25, 0.3) is 0 Å². The van der Waals surface area contributed by atoms with Gasteiger partial charge in [-0.2, -0.15) is 0 Å². The van der Waals surface area contributed by atoms with Crippen molar-refractivity contribution >= 4 is 29.0 Å². The molecule has 10 heteroatoms. The molecule has 4 rings (SSSR count). The number of primary amides is 1. The number of aromatic hydroxyl groups is 1. The lowest BCUT2D eigenvalue weighted by atomic mass is 9.49. The molecule has 3 unspecified atom stereocenters. The molecule has 1 aromatic carbocycles. The topological polar surface area (TPSA) is 175 Å². The number of nitrogens with zero attached hydrogens (tertiary/aromatic N) is 1. The SMILES string of the molecule is CCCC(C)(C)c1ccc2c(c1O)C(=O)C1C(=O)[C@]3(O)C(=O)C(C(N)=O)C(=O)C(N(C)C)[C@@H]3[C@@H](O)[C@@H]1[C@H]2C. The quantitative estimate of drug-likeness (QED) is 0.396. The number of nitrogens with two attached hydrogens (primary N) is 1. The molecule has 3 aliphatic rings. The minimum atomic E-state index is -3.00. The summed E-state index contributed by atoms with van der Waals surface area (Å²) in [6, 6.07) is 2.07. The summed E-state index contributed by atoms with van der Waals surface area (Å²) >= 11 is 0. The van der Waals surface area contributed by atoms with Crippen LogP contribution in [0.3, 0.4) is 0 Å². The number of fused-ring (bicyclic) bond motifs is 3. The smallest absolute Gasteiger partial charge is 0.235 e. The zero-order valence-electron chi connectivity index (χ0n) is 22.5. The third-order valence-electron chi connectivity index (χ3n) is 9.09. The Kier molecular flexibility index (Phi) is 6.70. The van der Waals surface area contributed by atoms with Crippen molar-refractivity contribution in [1.29, 1.82) is 0 Å². The van der Waals surface area contributed by atoms with E-state index in [2.05, 4.69) is 0 Å². The summed E-state index contributed by atoms with van der Waals surface area (Å²) < 4.78 is 0. The van der Waals surface area contributed by atoms with Gasteiger partial charge in [-0.05, 0) is 37.4 Å². The van der Waals surface area contributed by atoms with Gasteiger partial charge < -0.3 is 21.1 Å². The fourth-order valence-electron chi connectivity index (χ4n) is 7.29. The number of aliphatic hydroxyl groups is 2. The van der Waals surface area contributed by atoms with Gasteiger partial charge >= 0.3 is 0 Å². The van der Waals surface area contributed by atoms with Crippen LogP contribution in [0.4, 0.5) is 0 Å². The Hall–Kier alpha value is -2.95. The van der Waals surface area contributed by atoms with Gasteiger partial charge in [-0.1, -0.05) is 46.2 Å². The molecular weight excluding hydrogens is 492 g/mol. The molecule has 2 fully saturated rings. The van der Waals surface area contributed by atoms with Gasteiger partial charge in [0.1, 0.15) is 5.75 Å². The van der Waals surface area contributed by atoms with E-state index in [1.165, 1.54) is 19.0 Å². The molecule has 0 aliphatic heterocycles. The number of likely N-dealkylation sites (N-methyl/N-ethyl adjacent to an activating group) is 1. The number of amides is 1. The van der Waals surface area contributed by atoms with Gasteiger partial charge in [0.05, 0.1) is 29.5 Å². The van der Waals surface area contributed by atoms with Gasteiger partial charge in [0.2, 0.25) is 5.91 Å². The Morgan fingerprint density at radius 3 is 2.26 bits per heavy atom. The summed E-state index contributed by atoms with van der Waals surface area (Å²) in [6.45, 7) is 7.57. The number of ketones is 4. The summed E-state index contributed by atoms with van der Waals surface area (Å²) in [5, 5.41) is 34.6. The molecule has 0 saturated heterocycles. The first-order valence-corrected chi connectivity index (χ1v) is 12.9. The van der Waals surface area contributed by atoms with Crippen molar-refractivity contribution in [2.75, 3.05) is 14.1 Å². The fourth-order valence-corrected chi connectivity index (χ4v) is 7.29. The van der Waals surface area contributed by atoms with Crippen molar-refractivity contribution in [1.82, 2.24) is 4.90 Å². The third kappa shape index (κ3) is 3.53. The molecule has 0 aromatic heterocycles. The van der Waals surface area contributed by atoms with Gasteiger partial charge in [-0.15, -0.1) is 0 Å². The van der Waals surface area contributed by atoms with E-state index in [1.54, 1.807) is 19.1 Å². The normalized spacial score (nSPS) is 35.1. The van der Waals surface area contributed by atoms with E-state index < -0.39 is 81.8 Å². The third-order valence-corrected chi connectivity index (χ3v) is 9.09. The molecule has 3 aliphatic carbocycles. The number of benzene rings is 1. The van der Waals surface area contributed by atoms with Crippen molar-refractivity contribution in [2.45, 2.75) is 69.6 Å². The number of rotatable bonds is 5. The number of aliphatic hydroxyl groups excluding tert-OH is 1. The van der Waals surface area contributed by atoms with E-state index in [0.717, 1.165) is 12.8 Å². The van der Waals surface area contributed by atoms with Crippen LogP contribution in [0.1, 0.15) is 67.9 Å². The van der Waals surface area contributed by atoms with Crippen LogP contribution in [0.25, 0.3) is 0 Å². The molecule has 1 aromatic rings. The largest absolute Gasteiger partial charge is 0.507 e. The Morgan fingerprint density at radius 2 is 1.74 bits per heavy atom. The Morgan fingerprint density at radius 1 is 1.13 bits per heavy atom. The first kappa shape index (κ1) is 28.1. The lowest BCUT2D eigenvalue weighted by Crippen LogP contribution is -2.77. The second kappa shape index (κ2) is 9.07. The lowest BCUT2D eigenvalue weighted by Gasteiger charge is -2.56. The zero-order chi connectivity index (χ0) is 28.6. The molecule has 0 spiro atoms. The van der Waals surface area contributed by atoms with Crippen molar-refractivity contribution in [3.05, 3.63) is 28.8 Å². The standard InChI is InChI=1S/C28H36N2O8/c1-7-10-27(3,4)13-9-8-12-11(2)14-16(21(32)15(12)20(13)31)24(35)28(38)18(22(14)33)19(30(5)6)23(34)17(25(28)36)26(29)37/h8-9,11,14,16-19,22,31,33,38H,7,10H2,1-6H3,(H2,29,37)/t11-,14+,16?,17?,18+,19?,22-,28-/m0/s1. The van der Waals surface area contributed by atoms with E-state index in [1.807, 2.05) is 20.8 Å². The number of carbonyl (C=O) groups is 5. The maximum atomic E-state index is 14.0. The van der Waals surface area contributed by atoms with Crippen LogP contribution in [0.2, 0.25) is 0 Å². The van der Waals surface area contributed by atoms with Gasteiger partial charge in [-0.3, -0.25) is 28.9 Å². The predicted molar refractivity (Wildman–Crippen MR) is 135 cm³/mol. The number of hydrogen-bond donors (Lipinski definition) is 4. The fraction of sp³-hybridized carbons (Fsp3) is 0.607. The van der Waals surface area contributed by atoms with Crippen LogP contribution in [-0.4, -0.2) is 81.1 Å². The van der Waals surface area contributed by atoms with Crippen LogP contribution in [0.15, 0.2) is 12.1 Å². The number of phenols is 1. The molecule has 0 radical (unpaired) electrons. The number of phenolic OH excluding ortho intramolecular Hbond substituents is 1. The molecule has 5 N–H and O–H groups in total. The maximum Gasteiger partial charge on any atom is 0.235 e. The van der Waals surface area contributed by atoms with Crippen molar-refractivity contribution < 1.29 is 39.3 Å². The first-order valence-electron chi connectivity index (χ1n) is 12.9. The minimum Gasteiger partial charge on any atom is -0.507 e. The molecule has 38 heavy (non-hydrogen) atoms. The van der Waals surface area contributed by atoms with Crippen molar-refractivity contribution in [3.8, 4) is 5.75 Å². The zero-order valence-corrected chi connectivity index (χ0v) is 22.5. The second-order valence-corrected chi connectivity index (χ2v) is 11.9. The van der Waals surface area contributed by atoms with Gasteiger partial charge in [0.15, 0.2) is 34.7 Å². The summed E-state index contributed by atoms with van der Waals surface area (Å²) in [5.41, 5.74) is 2.74. The summed E-state index contributed by atoms with van der Waals surface area (Å²) in [4.78, 5) is 68.0. The highest BCUT2D eigenvalue weighted by Crippen LogP contribution is 2.55. The second-order valence-electron chi connectivity index (χ2n) is 11.9. The van der Waals surface area contributed by atoms with E-state index >= 15 is 0 Å². The lowest BCUT2D eigenvalue weighted by molar-refractivity contribution is -0.196. The van der Waals surface area contributed by atoms with E-state index in [4.69, 9.17) is 5.73 Å². The summed E-state index contributed by atoms with van der Waals surface area (Å²) in [7, 11) is 2.92.